The van der Waals surface area contributed by atoms with Gasteiger partial charge >= 0.3 is 0 Å². The van der Waals surface area contributed by atoms with Crippen LogP contribution in [0.25, 0.3) is 0 Å². The highest BCUT2D eigenvalue weighted by molar-refractivity contribution is 9.10. The Bertz CT molecular complexity index is 1050. The average Bonchev–Trinajstić information content (AvgIpc) is 2.80. The lowest BCUT2D eigenvalue weighted by Crippen LogP contribution is -2.11. The summed E-state index contributed by atoms with van der Waals surface area (Å²) in [5.74, 6) is 0.785. The van der Waals surface area contributed by atoms with Crippen LogP contribution in [0, 0.1) is 0 Å². The molecule has 0 radical (unpaired) electrons. The second-order valence-corrected chi connectivity index (χ2v) is 7.96. The molecule has 148 valence electrons. The normalized spacial score (nSPS) is 10.7. The molecule has 4 rings (SSSR count). The number of hydrogen-bond acceptors (Lipinski definition) is 2. The van der Waals surface area contributed by atoms with Crippen LogP contribution in [0.15, 0.2) is 114 Å². The Morgan fingerprint density at radius 3 is 1.70 bits per heavy atom. The van der Waals surface area contributed by atoms with Gasteiger partial charge in [0.1, 0.15) is 5.75 Å². The summed E-state index contributed by atoms with van der Waals surface area (Å²) in [5, 5.41) is 0. The van der Waals surface area contributed by atoms with Crippen LogP contribution in [0.1, 0.15) is 33.0 Å². The maximum Gasteiger partial charge on any atom is 0.200 e. The lowest BCUT2D eigenvalue weighted by Gasteiger charge is -2.19. The highest BCUT2D eigenvalue weighted by atomic mass is 79.9. The highest BCUT2D eigenvalue weighted by Gasteiger charge is 2.16. The van der Waals surface area contributed by atoms with Crippen LogP contribution in [-0.2, 0) is 0 Å². The molecule has 4 aromatic rings. The van der Waals surface area contributed by atoms with Crippen molar-refractivity contribution in [3.63, 3.8) is 0 Å². The van der Waals surface area contributed by atoms with Gasteiger partial charge in [0.05, 0.1) is 0 Å². The SMILES string of the molecule is O=C(COc1ccc(C(c2ccccc2)c2ccccc2)cc1)c1ccc(Br)cc1. The van der Waals surface area contributed by atoms with Crippen LogP contribution in [-0.4, -0.2) is 12.4 Å². The maximum absolute atomic E-state index is 12.3. The molecule has 0 atom stereocenters. The van der Waals surface area contributed by atoms with Crippen LogP contribution in [0.2, 0.25) is 0 Å². The molecule has 0 fully saturated rings. The summed E-state index contributed by atoms with van der Waals surface area (Å²) in [6.07, 6.45) is 0. The number of ketones is 1. The molecule has 0 aromatic heterocycles. The maximum atomic E-state index is 12.3. The Hall–Kier alpha value is -3.17. The zero-order valence-electron chi connectivity index (χ0n) is 16.4. The van der Waals surface area contributed by atoms with E-state index >= 15 is 0 Å². The molecule has 0 bridgehead atoms. The highest BCUT2D eigenvalue weighted by Crippen LogP contribution is 2.32. The molecule has 30 heavy (non-hydrogen) atoms. The topological polar surface area (TPSA) is 26.3 Å². The number of ether oxygens (including phenoxy) is 1. The van der Waals surface area contributed by atoms with Crippen molar-refractivity contribution in [3.8, 4) is 5.75 Å². The van der Waals surface area contributed by atoms with Gasteiger partial charge in [0.15, 0.2) is 12.4 Å². The van der Waals surface area contributed by atoms with Crippen molar-refractivity contribution >= 4 is 21.7 Å². The van der Waals surface area contributed by atoms with Crippen molar-refractivity contribution in [2.75, 3.05) is 6.61 Å². The van der Waals surface area contributed by atoms with Gasteiger partial charge in [-0.1, -0.05) is 101 Å². The van der Waals surface area contributed by atoms with E-state index in [1.807, 2.05) is 36.4 Å². The van der Waals surface area contributed by atoms with E-state index in [1.165, 1.54) is 16.7 Å². The first-order chi connectivity index (χ1) is 14.7. The van der Waals surface area contributed by atoms with E-state index < -0.39 is 0 Å². The molecule has 0 spiro atoms. The number of benzene rings is 4. The van der Waals surface area contributed by atoms with E-state index in [2.05, 4.69) is 76.6 Å². The Labute approximate surface area is 185 Å². The van der Waals surface area contributed by atoms with Gasteiger partial charge in [0, 0.05) is 16.0 Å². The fraction of sp³-hybridized carbons (Fsp3) is 0.0741. The number of Topliss-reactive ketones (excluding diaryl/α,β-unsaturated/α-hetero) is 1. The number of hydrogen-bond donors (Lipinski definition) is 0. The summed E-state index contributed by atoms with van der Waals surface area (Å²) < 4.78 is 6.68. The smallest absolute Gasteiger partial charge is 0.200 e. The second kappa shape index (κ2) is 9.55. The van der Waals surface area contributed by atoms with E-state index in [0.29, 0.717) is 11.3 Å². The van der Waals surface area contributed by atoms with Crippen molar-refractivity contribution in [2.45, 2.75) is 5.92 Å². The fourth-order valence-corrected chi connectivity index (χ4v) is 3.76. The average molecular weight is 457 g/mol. The monoisotopic (exact) mass is 456 g/mol. The number of halogens is 1. The van der Waals surface area contributed by atoms with Crippen molar-refractivity contribution in [1.29, 1.82) is 0 Å². The first-order valence-corrected chi connectivity index (χ1v) is 10.6. The summed E-state index contributed by atoms with van der Waals surface area (Å²) in [4.78, 5) is 12.3. The van der Waals surface area contributed by atoms with Gasteiger partial charge in [0.25, 0.3) is 0 Å². The first-order valence-electron chi connectivity index (χ1n) is 9.82. The molecule has 4 aromatic carbocycles. The molecule has 0 aliphatic heterocycles. The predicted octanol–water partition coefficient (Wildman–Crippen LogP) is 6.89. The zero-order valence-corrected chi connectivity index (χ0v) is 18.0. The Kier molecular flexibility index (Phi) is 6.41. The Morgan fingerprint density at radius 1 is 0.667 bits per heavy atom. The molecule has 3 heteroatoms. The largest absolute Gasteiger partial charge is 0.485 e. The third-order valence-corrected chi connectivity index (χ3v) is 5.54. The molecule has 0 unspecified atom stereocenters. The summed E-state index contributed by atoms with van der Waals surface area (Å²) in [7, 11) is 0. The summed E-state index contributed by atoms with van der Waals surface area (Å²) >= 11 is 3.38. The summed E-state index contributed by atoms with van der Waals surface area (Å²) in [5.41, 5.74) is 4.30. The van der Waals surface area contributed by atoms with Crippen LogP contribution >= 0.6 is 15.9 Å². The number of rotatable bonds is 7. The lowest BCUT2D eigenvalue weighted by molar-refractivity contribution is 0.0921. The van der Waals surface area contributed by atoms with Crippen molar-refractivity contribution in [2.24, 2.45) is 0 Å². The number of carbonyl (C=O) groups excluding carboxylic acids is 1. The van der Waals surface area contributed by atoms with Crippen molar-refractivity contribution in [1.82, 2.24) is 0 Å². The minimum Gasteiger partial charge on any atom is -0.485 e. The van der Waals surface area contributed by atoms with Gasteiger partial charge in [0.2, 0.25) is 0 Å². The predicted molar refractivity (Wildman–Crippen MR) is 124 cm³/mol. The molecule has 0 aliphatic rings. The van der Waals surface area contributed by atoms with Crippen LogP contribution in [0.3, 0.4) is 0 Å². The molecule has 0 N–H and O–H groups in total. The van der Waals surface area contributed by atoms with E-state index in [9.17, 15) is 4.79 Å². The lowest BCUT2D eigenvalue weighted by atomic mass is 9.85. The Morgan fingerprint density at radius 2 is 1.17 bits per heavy atom. The van der Waals surface area contributed by atoms with Crippen LogP contribution in [0.4, 0.5) is 0 Å². The van der Waals surface area contributed by atoms with Gasteiger partial charge in [-0.3, -0.25) is 4.79 Å². The van der Waals surface area contributed by atoms with Gasteiger partial charge in [-0.15, -0.1) is 0 Å². The molecular formula is C27H21BrO2. The fourth-order valence-electron chi connectivity index (χ4n) is 3.49. The van der Waals surface area contributed by atoms with Crippen molar-refractivity contribution < 1.29 is 9.53 Å². The second-order valence-electron chi connectivity index (χ2n) is 7.04. The van der Waals surface area contributed by atoms with Gasteiger partial charge in [-0.05, 0) is 41.0 Å². The van der Waals surface area contributed by atoms with E-state index in [1.54, 1.807) is 12.1 Å². The third-order valence-electron chi connectivity index (χ3n) is 5.02. The van der Waals surface area contributed by atoms with Crippen LogP contribution < -0.4 is 4.74 Å². The van der Waals surface area contributed by atoms with E-state index in [-0.39, 0.29) is 18.3 Å². The molecule has 2 nitrogen and oxygen atoms in total. The molecule has 0 saturated carbocycles. The van der Waals surface area contributed by atoms with Gasteiger partial charge < -0.3 is 4.74 Å². The standard InChI is InChI=1S/C27H21BrO2/c28-24-15-11-20(12-16-24)26(29)19-30-25-17-13-23(14-18-25)27(21-7-3-1-4-8-21)22-9-5-2-6-10-22/h1-18,27H,19H2. The van der Waals surface area contributed by atoms with E-state index in [0.717, 1.165) is 4.47 Å². The number of carbonyl (C=O) groups is 1. The first kappa shape index (κ1) is 20.1. The molecule has 0 amide bonds. The molecule has 0 saturated heterocycles. The summed E-state index contributed by atoms with van der Waals surface area (Å²) in [6.45, 7) is 0.0157. The van der Waals surface area contributed by atoms with Gasteiger partial charge in [-0.25, -0.2) is 0 Å². The van der Waals surface area contributed by atoms with E-state index in [4.69, 9.17) is 4.74 Å². The summed E-state index contributed by atoms with van der Waals surface area (Å²) in [6, 6.07) is 36.3. The minimum atomic E-state index is -0.0435. The molecule has 0 heterocycles. The Balaban J connectivity index is 1.51. The quantitative estimate of drug-likeness (QED) is 0.223. The van der Waals surface area contributed by atoms with Crippen molar-refractivity contribution in [3.05, 3.63) is 136 Å². The van der Waals surface area contributed by atoms with Gasteiger partial charge in [-0.2, -0.15) is 0 Å². The third kappa shape index (κ3) is 4.87. The molecule has 0 aliphatic carbocycles. The minimum absolute atomic E-state index is 0.0157. The van der Waals surface area contributed by atoms with Crippen LogP contribution in [0.5, 0.6) is 5.75 Å². The molecular weight excluding hydrogens is 436 g/mol. The zero-order chi connectivity index (χ0) is 20.8.